The molecule has 0 spiro atoms. The van der Waals surface area contributed by atoms with E-state index in [9.17, 15) is 14.4 Å². The van der Waals surface area contributed by atoms with Gasteiger partial charge in [0.1, 0.15) is 6.29 Å². The van der Waals surface area contributed by atoms with E-state index in [1.54, 1.807) is 0 Å². The van der Waals surface area contributed by atoms with Crippen molar-refractivity contribution in [1.82, 2.24) is 0 Å². The molecule has 5 nitrogen and oxygen atoms in total. The lowest BCUT2D eigenvalue weighted by Gasteiger charge is -2.23. The van der Waals surface area contributed by atoms with Gasteiger partial charge >= 0.3 is 11.9 Å². The van der Waals surface area contributed by atoms with E-state index in [1.807, 2.05) is 12.2 Å². The van der Waals surface area contributed by atoms with Crippen molar-refractivity contribution in [3.8, 4) is 0 Å². The number of allylic oxidation sites excluding steroid dienone is 2. The van der Waals surface area contributed by atoms with E-state index in [2.05, 4.69) is 0 Å². The number of carbonyl (C=O) groups excluding carboxylic acids is 3. The summed E-state index contributed by atoms with van der Waals surface area (Å²) in [4.78, 5) is 34.5. The third kappa shape index (κ3) is 1.57. The molecule has 1 fully saturated rings. The first-order chi connectivity index (χ1) is 8.15. The molecule has 2 rings (SSSR count). The molecule has 1 saturated carbocycles. The Morgan fingerprint density at radius 1 is 1.00 bits per heavy atom. The molecule has 5 heteroatoms. The number of hydrogen-bond donors (Lipinski definition) is 0. The molecular weight excluding hydrogens is 224 g/mol. The Balaban J connectivity index is 2.35. The van der Waals surface area contributed by atoms with Crippen molar-refractivity contribution in [3.63, 3.8) is 0 Å². The van der Waals surface area contributed by atoms with Crippen molar-refractivity contribution < 1.29 is 23.9 Å². The summed E-state index contributed by atoms with van der Waals surface area (Å²) in [6.45, 7) is 0. The van der Waals surface area contributed by atoms with Crippen molar-refractivity contribution in [2.24, 2.45) is 29.6 Å². The van der Waals surface area contributed by atoms with E-state index < -0.39 is 23.8 Å². The number of aldehydes is 1. The van der Waals surface area contributed by atoms with Gasteiger partial charge in [0, 0.05) is 17.8 Å². The van der Waals surface area contributed by atoms with E-state index in [-0.39, 0.29) is 17.8 Å². The predicted octanol–water partition coefficient (Wildman–Crippen LogP) is 0.196. The summed E-state index contributed by atoms with van der Waals surface area (Å²) >= 11 is 0. The zero-order valence-corrected chi connectivity index (χ0v) is 9.66. The first kappa shape index (κ1) is 11.8. The summed E-state index contributed by atoms with van der Waals surface area (Å²) < 4.78 is 9.42. The highest BCUT2D eigenvalue weighted by Crippen LogP contribution is 2.52. The largest absolute Gasteiger partial charge is 0.469 e. The molecule has 2 aliphatic carbocycles. The number of ether oxygens (including phenoxy) is 2. The molecule has 0 aromatic heterocycles. The molecule has 2 bridgehead atoms. The van der Waals surface area contributed by atoms with Crippen molar-refractivity contribution in [3.05, 3.63) is 12.2 Å². The number of carbonyl (C=O) groups is 3. The molecule has 0 aromatic rings. The maximum Gasteiger partial charge on any atom is 0.310 e. The lowest BCUT2D eigenvalue weighted by molar-refractivity contribution is -0.158. The second-order valence-electron chi connectivity index (χ2n) is 4.35. The van der Waals surface area contributed by atoms with Crippen molar-refractivity contribution in [2.75, 3.05) is 14.2 Å². The van der Waals surface area contributed by atoms with Crippen LogP contribution in [0, 0.1) is 29.6 Å². The number of methoxy groups -OCH3 is 2. The van der Waals surface area contributed by atoms with E-state index in [1.165, 1.54) is 14.2 Å². The van der Waals surface area contributed by atoms with Crippen LogP contribution in [-0.4, -0.2) is 32.4 Å². The first-order valence-electron chi connectivity index (χ1n) is 5.45. The van der Waals surface area contributed by atoms with Gasteiger partial charge in [-0.25, -0.2) is 0 Å². The molecule has 2 aliphatic rings. The van der Waals surface area contributed by atoms with Gasteiger partial charge < -0.3 is 14.3 Å². The number of rotatable bonds is 3. The summed E-state index contributed by atoms with van der Waals surface area (Å²) in [6, 6.07) is 0. The zero-order valence-electron chi connectivity index (χ0n) is 9.66. The lowest BCUT2D eigenvalue weighted by Crippen LogP contribution is -2.34. The molecule has 0 N–H and O–H groups in total. The van der Waals surface area contributed by atoms with Gasteiger partial charge in [-0.15, -0.1) is 0 Å². The Morgan fingerprint density at radius 3 is 1.71 bits per heavy atom. The van der Waals surface area contributed by atoms with Crippen LogP contribution in [-0.2, 0) is 23.9 Å². The van der Waals surface area contributed by atoms with Crippen LogP contribution in [0.25, 0.3) is 0 Å². The molecule has 0 aromatic carbocycles. The summed E-state index contributed by atoms with van der Waals surface area (Å²) in [7, 11) is 2.56. The Kier molecular flexibility index (Phi) is 3.00. The monoisotopic (exact) mass is 238 g/mol. The topological polar surface area (TPSA) is 69.7 Å². The first-order valence-corrected chi connectivity index (χ1v) is 5.45. The molecule has 92 valence electrons. The van der Waals surface area contributed by atoms with Crippen LogP contribution in [0.2, 0.25) is 0 Å². The van der Waals surface area contributed by atoms with Crippen LogP contribution in [0.4, 0.5) is 0 Å². The van der Waals surface area contributed by atoms with Crippen LogP contribution >= 0.6 is 0 Å². The van der Waals surface area contributed by atoms with Crippen LogP contribution in [0.5, 0.6) is 0 Å². The highest BCUT2D eigenvalue weighted by molar-refractivity contribution is 5.86. The third-order valence-electron chi connectivity index (χ3n) is 3.76. The lowest BCUT2D eigenvalue weighted by atomic mass is 9.83. The minimum absolute atomic E-state index is 0.242. The minimum atomic E-state index is -0.599. The average molecular weight is 238 g/mol. The normalized spacial score (nSPS) is 37.9. The second-order valence-corrected chi connectivity index (χ2v) is 4.35. The molecule has 1 unspecified atom stereocenters. The highest BCUT2D eigenvalue weighted by atomic mass is 16.5. The van der Waals surface area contributed by atoms with E-state index in [4.69, 9.17) is 9.47 Å². The fourth-order valence-corrected chi connectivity index (χ4v) is 3.03. The number of fused-ring (bicyclic) bond motifs is 2. The number of esters is 2. The van der Waals surface area contributed by atoms with Crippen molar-refractivity contribution in [1.29, 1.82) is 0 Å². The fraction of sp³-hybridized carbons (Fsp3) is 0.583. The predicted molar refractivity (Wildman–Crippen MR) is 56.7 cm³/mol. The van der Waals surface area contributed by atoms with Crippen LogP contribution < -0.4 is 0 Å². The van der Waals surface area contributed by atoms with E-state index in [0.717, 1.165) is 6.29 Å². The Bertz CT molecular complexity index is 354. The van der Waals surface area contributed by atoms with Gasteiger partial charge in [0.05, 0.1) is 26.1 Å². The van der Waals surface area contributed by atoms with Gasteiger partial charge in [0.25, 0.3) is 0 Å². The molecule has 0 radical (unpaired) electrons. The van der Waals surface area contributed by atoms with Gasteiger partial charge in [-0.2, -0.15) is 0 Å². The maximum atomic E-state index is 11.7. The summed E-state index contributed by atoms with van der Waals surface area (Å²) in [5.74, 6) is -2.91. The smallest absolute Gasteiger partial charge is 0.310 e. The summed E-state index contributed by atoms with van der Waals surface area (Å²) in [5.41, 5.74) is 0. The Morgan fingerprint density at radius 2 is 1.41 bits per heavy atom. The molecule has 0 heterocycles. The van der Waals surface area contributed by atoms with Crippen LogP contribution in [0.3, 0.4) is 0 Å². The summed E-state index contributed by atoms with van der Waals surface area (Å²) in [5, 5.41) is 0. The minimum Gasteiger partial charge on any atom is -0.469 e. The third-order valence-corrected chi connectivity index (χ3v) is 3.76. The van der Waals surface area contributed by atoms with Gasteiger partial charge in [0.2, 0.25) is 0 Å². The molecular formula is C12H14O5. The van der Waals surface area contributed by atoms with Gasteiger partial charge in [0.15, 0.2) is 0 Å². The molecule has 17 heavy (non-hydrogen) atoms. The summed E-state index contributed by atoms with van der Waals surface area (Å²) in [6.07, 6.45) is 4.46. The maximum absolute atomic E-state index is 11.7. The molecule has 0 saturated heterocycles. The Labute approximate surface area is 98.8 Å². The number of hydrogen-bond acceptors (Lipinski definition) is 5. The van der Waals surface area contributed by atoms with Crippen molar-refractivity contribution >= 4 is 18.2 Å². The molecule has 5 atom stereocenters. The zero-order chi connectivity index (χ0) is 12.6. The van der Waals surface area contributed by atoms with E-state index >= 15 is 0 Å². The van der Waals surface area contributed by atoms with Gasteiger partial charge in [-0.1, -0.05) is 12.2 Å². The average Bonchev–Trinajstić information content (AvgIpc) is 2.90. The fourth-order valence-electron chi connectivity index (χ4n) is 3.03. The second kappa shape index (κ2) is 4.31. The van der Waals surface area contributed by atoms with Gasteiger partial charge in [-0.3, -0.25) is 9.59 Å². The molecule has 0 aliphatic heterocycles. The van der Waals surface area contributed by atoms with Crippen LogP contribution in [0.1, 0.15) is 0 Å². The molecule has 0 amide bonds. The SMILES string of the molecule is COC(=O)[C@@H]1[C@H](C(=O)OC)[C@@H]2C=C[C@H]1C2C=O. The Hall–Kier alpha value is -1.65. The standard InChI is InChI=1S/C12H14O5/c1-16-11(14)9-6-3-4-7(8(6)5-13)10(9)12(15)17-2/h3-10H,1-2H3/t6-,7+,8?,9-,10+. The quantitative estimate of drug-likeness (QED) is 0.399. The van der Waals surface area contributed by atoms with Gasteiger partial charge in [-0.05, 0) is 0 Å². The van der Waals surface area contributed by atoms with E-state index in [0.29, 0.717) is 0 Å². The van der Waals surface area contributed by atoms with Crippen molar-refractivity contribution in [2.45, 2.75) is 0 Å². The highest BCUT2D eigenvalue weighted by Gasteiger charge is 2.58. The van der Waals surface area contributed by atoms with Crippen LogP contribution in [0.15, 0.2) is 12.2 Å².